The molecule has 1 rings (SSSR count). The van der Waals surface area contributed by atoms with Gasteiger partial charge in [0.15, 0.2) is 0 Å². The third-order valence-corrected chi connectivity index (χ3v) is 2.32. The van der Waals surface area contributed by atoms with Gasteiger partial charge in [-0.2, -0.15) is 0 Å². The van der Waals surface area contributed by atoms with Gasteiger partial charge in [0.2, 0.25) is 0 Å². The third-order valence-electron chi connectivity index (χ3n) is 2.32. The van der Waals surface area contributed by atoms with E-state index in [1.165, 1.54) is 5.56 Å². The number of hydrogen-bond donors (Lipinski definition) is 4. The first-order chi connectivity index (χ1) is 8.11. The van der Waals surface area contributed by atoms with Crippen molar-refractivity contribution in [3.8, 4) is 5.75 Å². The van der Waals surface area contributed by atoms with Crippen LogP contribution < -0.4 is 21.2 Å². The van der Waals surface area contributed by atoms with Crippen molar-refractivity contribution in [3.63, 3.8) is 0 Å². The van der Waals surface area contributed by atoms with Gasteiger partial charge in [0, 0.05) is 0 Å². The summed E-state index contributed by atoms with van der Waals surface area (Å²) in [6.45, 7) is 2.57. The molecule has 0 unspecified atom stereocenters. The fourth-order valence-electron chi connectivity index (χ4n) is 1.31. The van der Waals surface area contributed by atoms with E-state index in [9.17, 15) is 5.11 Å². The van der Waals surface area contributed by atoms with Gasteiger partial charge in [-0.1, -0.05) is 19.1 Å². The molecular formula is C12H20N3O2+. The fraction of sp³-hybridized carbons (Fsp3) is 0.417. The highest BCUT2D eigenvalue weighted by molar-refractivity contribution is 5.69. The maximum Gasteiger partial charge on any atom is 0.338 e. The maximum absolute atomic E-state index is 9.55. The normalized spacial score (nSPS) is 11.9. The van der Waals surface area contributed by atoms with E-state index in [0.717, 1.165) is 12.2 Å². The largest absolute Gasteiger partial charge is 0.491 e. The molecule has 0 aromatic heterocycles. The van der Waals surface area contributed by atoms with E-state index in [4.69, 9.17) is 16.2 Å². The first kappa shape index (κ1) is 13.3. The number of aliphatic hydroxyl groups excluding tert-OH is 1. The van der Waals surface area contributed by atoms with Crippen molar-refractivity contribution in [2.45, 2.75) is 19.4 Å². The highest BCUT2D eigenvalue weighted by atomic mass is 16.5. The molecular weight excluding hydrogens is 218 g/mol. The fourth-order valence-corrected chi connectivity index (χ4v) is 1.31. The molecule has 0 heterocycles. The number of nitrogens with two attached hydrogens (primary N) is 2. The van der Waals surface area contributed by atoms with Crippen LogP contribution in [0.3, 0.4) is 0 Å². The zero-order chi connectivity index (χ0) is 12.7. The quantitative estimate of drug-likeness (QED) is 0.352. The Hall–Kier alpha value is -1.75. The molecule has 0 saturated carbocycles. The molecule has 5 nitrogen and oxygen atoms in total. The number of aryl methyl sites for hydroxylation is 1. The first-order valence-corrected chi connectivity index (χ1v) is 5.63. The Balaban J connectivity index is 2.36. The molecule has 0 saturated heterocycles. The predicted molar refractivity (Wildman–Crippen MR) is 66.5 cm³/mol. The lowest BCUT2D eigenvalue weighted by atomic mass is 10.2. The average Bonchev–Trinajstić information content (AvgIpc) is 2.34. The van der Waals surface area contributed by atoms with Gasteiger partial charge in [0.25, 0.3) is 0 Å². The molecule has 1 aromatic rings. The molecule has 1 atom stereocenters. The van der Waals surface area contributed by atoms with Crippen molar-refractivity contribution in [2.24, 2.45) is 11.5 Å². The molecule has 17 heavy (non-hydrogen) atoms. The number of guanidine groups is 1. The van der Waals surface area contributed by atoms with Crippen molar-refractivity contribution in [2.75, 3.05) is 13.2 Å². The maximum atomic E-state index is 9.55. The second-order valence-corrected chi connectivity index (χ2v) is 3.80. The van der Waals surface area contributed by atoms with Gasteiger partial charge in [0.1, 0.15) is 18.5 Å². The lowest BCUT2D eigenvalue weighted by Gasteiger charge is -2.10. The first-order valence-electron chi connectivity index (χ1n) is 5.63. The molecule has 0 bridgehead atoms. The van der Waals surface area contributed by atoms with Gasteiger partial charge < -0.3 is 9.84 Å². The number of hydrogen-bond acceptors (Lipinski definition) is 2. The summed E-state index contributed by atoms with van der Waals surface area (Å²) < 4.78 is 5.42. The van der Waals surface area contributed by atoms with Crippen LogP contribution in [0, 0.1) is 0 Å². The topological polar surface area (TPSA) is 95.5 Å². The number of nitrogens with one attached hydrogen (secondary N) is 1. The minimum absolute atomic E-state index is 0.0938. The molecule has 0 spiro atoms. The number of aliphatic hydroxyl groups is 1. The van der Waals surface area contributed by atoms with Gasteiger partial charge in [-0.3, -0.25) is 16.5 Å². The summed E-state index contributed by atoms with van der Waals surface area (Å²) >= 11 is 0. The van der Waals surface area contributed by atoms with E-state index in [-0.39, 0.29) is 19.1 Å². The number of ether oxygens (including phenoxy) is 1. The van der Waals surface area contributed by atoms with Crippen molar-refractivity contribution >= 4 is 5.96 Å². The summed E-state index contributed by atoms with van der Waals surface area (Å²) in [4.78, 5) is 2.64. The summed E-state index contributed by atoms with van der Waals surface area (Å²) in [5, 5.41) is 9.55. The van der Waals surface area contributed by atoms with Crippen LogP contribution in [-0.4, -0.2) is 30.3 Å². The lowest BCUT2D eigenvalue weighted by Crippen LogP contribution is -2.80. The molecule has 1 aromatic carbocycles. The Morgan fingerprint density at radius 1 is 1.35 bits per heavy atom. The SMILES string of the molecule is CCc1ccc(OC[C@@H](O)C[NH+]=C(N)N)cc1. The van der Waals surface area contributed by atoms with E-state index >= 15 is 0 Å². The van der Waals surface area contributed by atoms with Gasteiger partial charge in [-0.25, -0.2) is 0 Å². The van der Waals surface area contributed by atoms with Crippen LogP contribution in [0.5, 0.6) is 5.75 Å². The second kappa shape index (κ2) is 6.75. The number of rotatable bonds is 6. The van der Waals surface area contributed by atoms with Crippen molar-refractivity contribution in [1.82, 2.24) is 0 Å². The van der Waals surface area contributed by atoms with Crippen molar-refractivity contribution in [1.29, 1.82) is 0 Å². The molecule has 0 aliphatic heterocycles. The summed E-state index contributed by atoms with van der Waals surface area (Å²) in [6.07, 6.45) is 0.348. The Kier molecular flexibility index (Phi) is 5.29. The standard InChI is InChI=1S/C12H19N3O2/c1-2-9-3-5-11(6-4-9)17-8-10(16)7-15-12(13)14/h3-6,10,16H,2,7-8H2,1H3,(H4,13,14,15)/p+1/t10-/m0/s1. The van der Waals surface area contributed by atoms with Crippen LogP contribution in [0.25, 0.3) is 0 Å². The molecule has 0 radical (unpaired) electrons. The highest BCUT2D eigenvalue weighted by Gasteiger charge is 2.05. The molecule has 0 fully saturated rings. The van der Waals surface area contributed by atoms with Crippen LogP contribution in [0.1, 0.15) is 12.5 Å². The van der Waals surface area contributed by atoms with E-state index in [1.54, 1.807) is 0 Å². The van der Waals surface area contributed by atoms with Gasteiger partial charge >= 0.3 is 5.96 Å². The highest BCUT2D eigenvalue weighted by Crippen LogP contribution is 2.12. The van der Waals surface area contributed by atoms with Crippen LogP contribution >= 0.6 is 0 Å². The Labute approximate surface area is 101 Å². The van der Waals surface area contributed by atoms with Crippen LogP contribution in [-0.2, 0) is 6.42 Å². The van der Waals surface area contributed by atoms with Gasteiger partial charge in [-0.15, -0.1) is 0 Å². The van der Waals surface area contributed by atoms with Crippen molar-refractivity contribution in [3.05, 3.63) is 29.8 Å². The van der Waals surface area contributed by atoms with E-state index in [2.05, 4.69) is 11.9 Å². The van der Waals surface area contributed by atoms with E-state index < -0.39 is 6.10 Å². The molecule has 0 aliphatic rings. The Morgan fingerprint density at radius 2 is 2.00 bits per heavy atom. The lowest BCUT2D eigenvalue weighted by molar-refractivity contribution is -0.471. The van der Waals surface area contributed by atoms with E-state index in [0.29, 0.717) is 0 Å². The molecule has 0 aliphatic carbocycles. The summed E-state index contributed by atoms with van der Waals surface area (Å²) in [6, 6.07) is 7.79. The zero-order valence-electron chi connectivity index (χ0n) is 10.0. The third kappa shape index (κ3) is 5.21. The summed E-state index contributed by atoms with van der Waals surface area (Å²) in [5.41, 5.74) is 11.7. The van der Waals surface area contributed by atoms with Crippen molar-refractivity contribution < 1.29 is 14.8 Å². The number of benzene rings is 1. The summed E-state index contributed by atoms with van der Waals surface area (Å²) in [5.74, 6) is 0.835. The van der Waals surface area contributed by atoms with Gasteiger partial charge in [0.05, 0.1) is 6.54 Å². The Morgan fingerprint density at radius 3 is 2.53 bits per heavy atom. The second-order valence-electron chi connectivity index (χ2n) is 3.80. The van der Waals surface area contributed by atoms with Crippen LogP contribution in [0.2, 0.25) is 0 Å². The molecule has 0 amide bonds. The molecule has 6 N–H and O–H groups in total. The minimum atomic E-state index is -0.650. The Bertz CT molecular complexity index is 359. The van der Waals surface area contributed by atoms with Gasteiger partial charge in [-0.05, 0) is 24.1 Å². The monoisotopic (exact) mass is 238 g/mol. The van der Waals surface area contributed by atoms with Crippen LogP contribution in [0.4, 0.5) is 0 Å². The average molecular weight is 238 g/mol. The predicted octanol–water partition coefficient (Wildman–Crippen LogP) is -1.66. The smallest absolute Gasteiger partial charge is 0.338 e. The molecule has 94 valence electrons. The van der Waals surface area contributed by atoms with E-state index in [1.807, 2.05) is 24.3 Å². The summed E-state index contributed by atoms with van der Waals surface area (Å²) in [7, 11) is 0. The van der Waals surface area contributed by atoms with Crippen LogP contribution in [0.15, 0.2) is 24.3 Å². The molecule has 5 heteroatoms. The zero-order valence-corrected chi connectivity index (χ0v) is 10.0. The minimum Gasteiger partial charge on any atom is -0.491 e.